The van der Waals surface area contributed by atoms with Gasteiger partial charge in [-0.15, -0.1) is 11.3 Å². The zero-order chi connectivity index (χ0) is 14.8. The summed E-state index contributed by atoms with van der Waals surface area (Å²) in [6.07, 6.45) is 0.465. The van der Waals surface area contributed by atoms with Gasteiger partial charge in [-0.1, -0.05) is 0 Å². The minimum absolute atomic E-state index is 0.00713. The highest BCUT2D eigenvalue weighted by atomic mass is 32.2. The first-order valence-electron chi connectivity index (χ1n) is 5.88. The van der Waals surface area contributed by atoms with Gasteiger partial charge in [-0.25, -0.2) is 13.4 Å². The number of nitrogen functional groups attached to an aromatic ring is 1. The smallest absolute Gasteiger partial charge is 0.263 e. The van der Waals surface area contributed by atoms with Crippen LogP contribution in [0.1, 0.15) is 10.6 Å². The Morgan fingerprint density at radius 3 is 2.60 bits per heavy atom. The third-order valence-corrected chi connectivity index (χ3v) is 5.26. The fraction of sp³-hybridized carbons (Fsp3) is 0.250. The minimum atomic E-state index is -3.67. The first-order chi connectivity index (χ1) is 9.42. The lowest BCUT2D eigenvalue weighted by Crippen LogP contribution is -2.12. The lowest BCUT2D eigenvalue weighted by atomic mass is 10.3. The molecule has 0 aliphatic heterocycles. The number of benzene rings is 1. The molecule has 0 unspecified atom stereocenters. The van der Waals surface area contributed by atoms with Crippen LogP contribution < -0.4 is 10.5 Å². The van der Waals surface area contributed by atoms with Crippen LogP contribution in [0.15, 0.2) is 29.2 Å². The molecule has 0 fully saturated rings. The van der Waals surface area contributed by atoms with Crippen LogP contribution in [0.3, 0.4) is 0 Å². The summed E-state index contributed by atoms with van der Waals surface area (Å²) in [6, 6.07) is 5.93. The van der Waals surface area contributed by atoms with Gasteiger partial charge in [0.2, 0.25) is 0 Å². The Balaban J connectivity index is 2.24. The number of rotatable bonds is 5. The van der Waals surface area contributed by atoms with Crippen molar-refractivity contribution < 1.29 is 13.5 Å². The highest BCUT2D eigenvalue weighted by Crippen LogP contribution is 2.25. The fourth-order valence-corrected chi connectivity index (χ4v) is 3.81. The average Bonchev–Trinajstić information content (AvgIpc) is 2.70. The van der Waals surface area contributed by atoms with Gasteiger partial charge in [-0.3, -0.25) is 4.72 Å². The van der Waals surface area contributed by atoms with Gasteiger partial charge in [0.15, 0.2) is 5.13 Å². The molecule has 0 radical (unpaired) electrons. The highest BCUT2D eigenvalue weighted by molar-refractivity contribution is 7.93. The van der Waals surface area contributed by atoms with Crippen LogP contribution >= 0.6 is 11.3 Å². The molecule has 2 aromatic rings. The molecule has 0 saturated heterocycles. The standard InChI is InChI=1S/C12H15N3O3S2/c1-8-11(6-7-16)19-12(14-8)15-20(17,18)10-4-2-9(13)3-5-10/h2-5,16H,6-7,13H2,1H3,(H,14,15). The third kappa shape index (κ3) is 3.27. The predicted molar refractivity (Wildman–Crippen MR) is 79.3 cm³/mol. The molecule has 1 aromatic carbocycles. The summed E-state index contributed by atoms with van der Waals surface area (Å²) < 4.78 is 26.7. The van der Waals surface area contributed by atoms with E-state index in [1.54, 1.807) is 6.92 Å². The van der Waals surface area contributed by atoms with E-state index >= 15 is 0 Å². The molecule has 4 N–H and O–H groups in total. The van der Waals surface area contributed by atoms with Gasteiger partial charge in [0.1, 0.15) is 0 Å². The van der Waals surface area contributed by atoms with E-state index in [1.165, 1.54) is 35.6 Å². The van der Waals surface area contributed by atoms with Crippen LogP contribution in [0.2, 0.25) is 0 Å². The molecule has 6 nitrogen and oxygen atoms in total. The van der Waals surface area contributed by atoms with Crippen molar-refractivity contribution >= 4 is 32.2 Å². The number of nitrogens with two attached hydrogens (primary N) is 1. The van der Waals surface area contributed by atoms with Crippen LogP contribution in [0, 0.1) is 6.92 Å². The van der Waals surface area contributed by atoms with E-state index in [2.05, 4.69) is 9.71 Å². The summed E-state index contributed by atoms with van der Waals surface area (Å²) in [5, 5.41) is 9.21. The molecule has 0 bridgehead atoms. The lowest BCUT2D eigenvalue weighted by molar-refractivity contribution is 0.300. The fourth-order valence-electron chi connectivity index (χ4n) is 1.63. The van der Waals surface area contributed by atoms with E-state index in [9.17, 15) is 8.42 Å². The van der Waals surface area contributed by atoms with Gasteiger partial charge in [0.25, 0.3) is 10.0 Å². The van der Waals surface area contributed by atoms with Crippen LogP contribution in [0.4, 0.5) is 10.8 Å². The molecule has 8 heteroatoms. The summed E-state index contributed by atoms with van der Waals surface area (Å²) in [5.41, 5.74) is 6.75. The highest BCUT2D eigenvalue weighted by Gasteiger charge is 2.17. The largest absolute Gasteiger partial charge is 0.399 e. The molecular formula is C12H15N3O3S2. The molecular weight excluding hydrogens is 298 g/mol. The number of aryl methyl sites for hydroxylation is 1. The zero-order valence-electron chi connectivity index (χ0n) is 10.8. The second-order valence-electron chi connectivity index (χ2n) is 4.18. The summed E-state index contributed by atoms with van der Waals surface area (Å²) in [7, 11) is -3.67. The van der Waals surface area contributed by atoms with Crippen molar-refractivity contribution in [3.8, 4) is 0 Å². The third-order valence-electron chi connectivity index (χ3n) is 2.64. The summed E-state index contributed by atoms with van der Waals surface area (Å²) >= 11 is 1.22. The van der Waals surface area contributed by atoms with Crippen molar-refractivity contribution in [1.82, 2.24) is 4.98 Å². The quantitative estimate of drug-likeness (QED) is 0.723. The van der Waals surface area contributed by atoms with Gasteiger partial charge >= 0.3 is 0 Å². The van der Waals surface area contributed by atoms with Crippen LogP contribution in [-0.4, -0.2) is 25.1 Å². The van der Waals surface area contributed by atoms with Gasteiger partial charge in [0.05, 0.1) is 10.6 Å². The molecule has 0 spiro atoms. The maximum Gasteiger partial charge on any atom is 0.263 e. The van der Waals surface area contributed by atoms with Crippen LogP contribution in [0.25, 0.3) is 0 Å². The van der Waals surface area contributed by atoms with E-state index in [-0.39, 0.29) is 11.5 Å². The van der Waals surface area contributed by atoms with Gasteiger partial charge < -0.3 is 10.8 Å². The minimum Gasteiger partial charge on any atom is -0.399 e. The van der Waals surface area contributed by atoms with E-state index in [0.29, 0.717) is 17.2 Å². The number of nitrogens with one attached hydrogen (secondary N) is 1. The van der Waals surface area contributed by atoms with Gasteiger partial charge in [-0.05, 0) is 31.2 Å². The molecule has 1 aromatic heterocycles. The Kier molecular flexibility index (Phi) is 4.26. The van der Waals surface area contributed by atoms with Crippen LogP contribution in [-0.2, 0) is 16.4 Å². The monoisotopic (exact) mass is 313 g/mol. The van der Waals surface area contributed by atoms with Crippen molar-refractivity contribution in [2.45, 2.75) is 18.2 Å². The number of aliphatic hydroxyl groups is 1. The predicted octanol–water partition coefficient (Wildman–Crippen LogP) is 1.37. The van der Waals surface area contributed by atoms with E-state index in [0.717, 1.165) is 10.6 Å². The Labute approximate surface area is 121 Å². The summed E-state index contributed by atoms with van der Waals surface area (Å²) in [5.74, 6) is 0. The Hall–Kier alpha value is -1.64. The maximum absolute atomic E-state index is 12.2. The zero-order valence-corrected chi connectivity index (χ0v) is 12.5. The first kappa shape index (κ1) is 14.8. The number of nitrogens with zero attached hydrogens (tertiary/aromatic N) is 1. The molecule has 0 amide bonds. The van der Waals surface area contributed by atoms with Crippen molar-refractivity contribution in [1.29, 1.82) is 0 Å². The van der Waals surface area contributed by atoms with Gasteiger partial charge in [0, 0.05) is 23.6 Å². The van der Waals surface area contributed by atoms with Crippen LogP contribution in [0.5, 0.6) is 0 Å². The van der Waals surface area contributed by atoms with Crippen molar-refractivity contribution in [2.75, 3.05) is 17.1 Å². The normalized spacial score (nSPS) is 11.5. The molecule has 2 rings (SSSR count). The molecule has 1 heterocycles. The number of sulfonamides is 1. The second kappa shape index (κ2) is 5.78. The first-order valence-corrected chi connectivity index (χ1v) is 8.18. The molecule has 0 aliphatic carbocycles. The summed E-state index contributed by atoms with van der Waals surface area (Å²) in [4.78, 5) is 5.14. The Morgan fingerprint density at radius 1 is 1.35 bits per heavy atom. The van der Waals surface area contributed by atoms with Crippen molar-refractivity contribution in [3.05, 3.63) is 34.8 Å². The van der Waals surface area contributed by atoms with Crippen molar-refractivity contribution in [3.63, 3.8) is 0 Å². The van der Waals surface area contributed by atoms with E-state index in [4.69, 9.17) is 10.8 Å². The number of hydrogen-bond donors (Lipinski definition) is 3. The van der Waals surface area contributed by atoms with E-state index in [1.807, 2.05) is 0 Å². The second-order valence-corrected chi connectivity index (χ2v) is 6.94. The number of aromatic nitrogens is 1. The number of anilines is 2. The Bertz CT molecular complexity index is 693. The van der Waals surface area contributed by atoms with Gasteiger partial charge in [-0.2, -0.15) is 0 Å². The molecule has 0 atom stereocenters. The number of hydrogen-bond acceptors (Lipinski definition) is 6. The topological polar surface area (TPSA) is 105 Å². The molecule has 20 heavy (non-hydrogen) atoms. The van der Waals surface area contributed by atoms with Crippen molar-refractivity contribution in [2.24, 2.45) is 0 Å². The number of thiazole rings is 1. The Morgan fingerprint density at radius 2 is 2.00 bits per heavy atom. The lowest BCUT2D eigenvalue weighted by Gasteiger charge is -2.05. The molecule has 0 saturated carbocycles. The molecule has 0 aliphatic rings. The average molecular weight is 313 g/mol. The summed E-state index contributed by atoms with van der Waals surface area (Å²) in [6.45, 7) is 1.79. The van der Waals surface area contributed by atoms with E-state index < -0.39 is 10.0 Å². The SMILES string of the molecule is Cc1nc(NS(=O)(=O)c2ccc(N)cc2)sc1CCO. The molecule has 108 valence electrons. The maximum atomic E-state index is 12.2. The number of aliphatic hydroxyl groups excluding tert-OH is 1.